The number of H-pyrrole nitrogens is 1. The zero-order valence-electron chi connectivity index (χ0n) is 17.8. The summed E-state index contributed by atoms with van der Waals surface area (Å²) in [6.07, 6.45) is 6.42. The van der Waals surface area contributed by atoms with Gasteiger partial charge in [0.05, 0.1) is 4.90 Å². The zero-order valence-corrected chi connectivity index (χ0v) is 18.6. The molecule has 4 rings (SSSR count). The fourth-order valence-electron chi connectivity index (χ4n) is 3.94. The Bertz CT molecular complexity index is 1310. The molecule has 1 amide bonds. The van der Waals surface area contributed by atoms with E-state index in [1.54, 1.807) is 52.2 Å². The van der Waals surface area contributed by atoms with E-state index in [4.69, 9.17) is 0 Å². The van der Waals surface area contributed by atoms with E-state index >= 15 is 0 Å². The van der Waals surface area contributed by atoms with E-state index in [2.05, 4.69) is 15.8 Å². The average molecular weight is 452 g/mol. The number of benzene rings is 1. The second-order valence-corrected chi connectivity index (χ2v) is 9.62. The fraction of sp³-hybridized carbons (Fsp3) is 0.304. The smallest absolute Gasteiger partial charge is 0.241 e. The van der Waals surface area contributed by atoms with Crippen LogP contribution in [0.5, 0.6) is 0 Å². The molecule has 0 saturated carbocycles. The van der Waals surface area contributed by atoms with Crippen molar-refractivity contribution in [1.29, 1.82) is 5.26 Å². The second-order valence-electron chi connectivity index (χ2n) is 7.94. The summed E-state index contributed by atoms with van der Waals surface area (Å²) in [6.45, 7) is 3.38. The van der Waals surface area contributed by atoms with Crippen molar-refractivity contribution in [3.8, 4) is 6.07 Å². The number of sulfonamides is 1. The number of fused-ring (bicyclic) bond motifs is 1. The van der Waals surface area contributed by atoms with Gasteiger partial charge in [0.2, 0.25) is 15.9 Å². The van der Waals surface area contributed by atoms with Gasteiger partial charge in [0.25, 0.3) is 0 Å². The Morgan fingerprint density at radius 1 is 1.28 bits per heavy atom. The molecule has 0 spiro atoms. The Labute approximate surface area is 187 Å². The molecule has 166 valence electrons. The molecule has 9 heteroatoms. The monoisotopic (exact) mass is 451 g/mol. The van der Waals surface area contributed by atoms with Crippen LogP contribution in [-0.4, -0.2) is 47.9 Å². The van der Waals surface area contributed by atoms with Crippen LogP contribution in [0.15, 0.2) is 65.3 Å². The van der Waals surface area contributed by atoms with Gasteiger partial charge in [-0.25, -0.2) is 8.42 Å². The Morgan fingerprint density at radius 3 is 2.88 bits per heavy atom. The van der Waals surface area contributed by atoms with Gasteiger partial charge in [0, 0.05) is 42.9 Å². The molecule has 3 aromatic rings. The molecule has 0 saturated heterocycles. The van der Waals surface area contributed by atoms with Crippen molar-refractivity contribution >= 4 is 26.8 Å². The number of aromatic amines is 1. The first-order valence-corrected chi connectivity index (χ1v) is 12.0. The quantitative estimate of drug-likeness (QED) is 0.538. The van der Waals surface area contributed by atoms with Crippen LogP contribution in [0.4, 0.5) is 0 Å². The summed E-state index contributed by atoms with van der Waals surface area (Å²) in [5, 5.41) is 9.83. The number of amides is 1. The van der Waals surface area contributed by atoms with Crippen molar-refractivity contribution in [1.82, 2.24) is 19.2 Å². The maximum Gasteiger partial charge on any atom is 0.241 e. The molecule has 1 aromatic carbocycles. The highest BCUT2D eigenvalue weighted by Crippen LogP contribution is 2.23. The van der Waals surface area contributed by atoms with E-state index in [1.165, 1.54) is 11.6 Å². The number of carbonyl (C=O) groups is 1. The number of carbonyl (C=O) groups excluding carboxylic acids is 1. The molecule has 0 aliphatic carbocycles. The van der Waals surface area contributed by atoms with Gasteiger partial charge in [-0.15, -0.1) is 0 Å². The van der Waals surface area contributed by atoms with Crippen molar-refractivity contribution in [3.05, 3.63) is 66.1 Å². The van der Waals surface area contributed by atoms with Crippen LogP contribution in [0.25, 0.3) is 10.9 Å². The average Bonchev–Trinajstić information content (AvgIpc) is 3.45. The van der Waals surface area contributed by atoms with Crippen LogP contribution >= 0.6 is 0 Å². The molecule has 1 aliphatic heterocycles. The third-order valence-electron chi connectivity index (χ3n) is 5.79. The van der Waals surface area contributed by atoms with E-state index in [0.29, 0.717) is 36.2 Å². The summed E-state index contributed by atoms with van der Waals surface area (Å²) in [7, 11) is -3.96. The van der Waals surface area contributed by atoms with E-state index in [9.17, 15) is 18.5 Å². The van der Waals surface area contributed by atoms with Gasteiger partial charge in [-0.3, -0.25) is 4.79 Å². The highest BCUT2D eigenvalue weighted by Gasteiger charge is 2.30. The number of nitriles is 1. The molecule has 0 bridgehead atoms. The minimum Gasteiger partial charge on any atom is -0.361 e. The summed E-state index contributed by atoms with van der Waals surface area (Å²) in [6, 6.07) is 11.3. The number of hydrogen-bond donors (Lipinski definition) is 2. The summed E-state index contributed by atoms with van der Waals surface area (Å²) in [4.78, 5) is 18.1. The van der Waals surface area contributed by atoms with Crippen molar-refractivity contribution in [2.45, 2.75) is 37.2 Å². The maximum absolute atomic E-state index is 13.3. The van der Waals surface area contributed by atoms with Crippen LogP contribution in [-0.2, 0) is 21.4 Å². The molecule has 8 nitrogen and oxygen atoms in total. The minimum atomic E-state index is -3.96. The first-order valence-electron chi connectivity index (χ1n) is 10.5. The molecule has 32 heavy (non-hydrogen) atoms. The third kappa shape index (κ3) is 4.47. The summed E-state index contributed by atoms with van der Waals surface area (Å²) in [5.74, 6) is -0.260. The molecular weight excluding hydrogens is 426 g/mol. The predicted molar refractivity (Wildman–Crippen MR) is 121 cm³/mol. The van der Waals surface area contributed by atoms with Crippen molar-refractivity contribution in [2.24, 2.45) is 0 Å². The topological polar surface area (TPSA) is 111 Å². The Kier molecular flexibility index (Phi) is 6.17. The van der Waals surface area contributed by atoms with E-state index in [0.717, 1.165) is 6.42 Å². The fourth-order valence-corrected chi connectivity index (χ4v) is 5.39. The van der Waals surface area contributed by atoms with Crippen molar-refractivity contribution in [3.63, 3.8) is 0 Å². The highest BCUT2D eigenvalue weighted by atomic mass is 32.2. The van der Waals surface area contributed by atoms with Crippen LogP contribution in [0.1, 0.15) is 25.5 Å². The van der Waals surface area contributed by atoms with Crippen LogP contribution < -0.4 is 4.72 Å². The van der Waals surface area contributed by atoms with Crippen molar-refractivity contribution < 1.29 is 13.2 Å². The van der Waals surface area contributed by atoms with Gasteiger partial charge < -0.3 is 14.5 Å². The van der Waals surface area contributed by atoms with E-state index in [1.807, 2.05) is 13.0 Å². The largest absolute Gasteiger partial charge is 0.361 e. The summed E-state index contributed by atoms with van der Waals surface area (Å²) < 4.78 is 31.0. The van der Waals surface area contributed by atoms with Gasteiger partial charge in [-0.05, 0) is 50.1 Å². The lowest BCUT2D eigenvalue weighted by atomic mass is 10.1. The molecule has 1 atom stereocenters. The predicted octanol–water partition coefficient (Wildman–Crippen LogP) is 2.76. The molecule has 0 radical (unpaired) electrons. The lowest BCUT2D eigenvalue weighted by Crippen LogP contribution is -2.50. The Morgan fingerprint density at radius 2 is 2.12 bits per heavy atom. The van der Waals surface area contributed by atoms with Crippen LogP contribution in [0.3, 0.4) is 0 Å². The maximum atomic E-state index is 13.3. The molecule has 2 N–H and O–H groups in total. The number of aryl methyl sites for hydroxylation is 1. The van der Waals surface area contributed by atoms with E-state index < -0.39 is 16.1 Å². The molecule has 1 aliphatic rings. The van der Waals surface area contributed by atoms with Gasteiger partial charge in [0.15, 0.2) is 0 Å². The molecular formula is C23H25N5O3S. The standard InChI is InChI=1S/C23H25N5O3S/c1-17-8-13-28(14-9-17)23(29)21(10-15-27-12-3-4-18(27)16-24)26-32(30,31)22-6-2-5-20-19(22)7-11-25-20/h2-8,11-12,21,25-26H,9-10,13-15H2,1H3. The lowest BCUT2D eigenvalue weighted by Gasteiger charge is -2.30. The van der Waals surface area contributed by atoms with Crippen LogP contribution in [0.2, 0.25) is 0 Å². The number of aromatic nitrogens is 2. The minimum absolute atomic E-state index is 0.127. The summed E-state index contributed by atoms with van der Waals surface area (Å²) in [5.41, 5.74) is 2.39. The van der Waals surface area contributed by atoms with Gasteiger partial charge in [-0.2, -0.15) is 9.98 Å². The molecule has 1 unspecified atom stereocenters. The van der Waals surface area contributed by atoms with Crippen molar-refractivity contribution in [2.75, 3.05) is 13.1 Å². The van der Waals surface area contributed by atoms with Gasteiger partial charge in [0.1, 0.15) is 17.8 Å². The molecule has 0 fully saturated rings. The van der Waals surface area contributed by atoms with Gasteiger partial charge in [-0.1, -0.05) is 17.7 Å². The Balaban J connectivity index is 1.61. The molecule has 3 heterocycles. The highest BCUT2D eigenvalue weighted by molar-refractivity contribution is 7.89. The third-order valence-corrected chi connectivity index (χ3v) is 7.32. The Hall–Kier alpha value is -3.35. The lowest BCUT2D eigenvalue weighted by molar-refractivity contribution is -0.132. The second kappa shape index (κ2) is 9.02. The van der Waals surface area contributed by atoms with Crippen LogP contribution in [0, 0.1) is 11.3 Å². The zero-order chi connectivity index (χ0) is 22.7. The first-order chi connectivity index (χ1) is 15.4. The number of nitrogens with zero attached hydrogens (tertiary/aromatic N) is 3. The summed E-state index contributed by atoms with van der Waals surface area (Å²) >= 11 is 0. The van der Waals surface area contributed by atoms with E-state index in [-0.39, 0.29) is 17.2 Å². The number of rotatable bonds is 7. The SMILES string of the molecule is CC1=CCN(C(=O)C(CCn2cccc2C#N)NS(=O)(=O)c2cccc3[nH]ccc23)CC1. The molecule has 2 aromatic heterocycles. The normalized spacial score (nSPS) is 15.4. The number of nitrogens with one attached hydrogen (secondary N) is 2. The number of hydrogen-bond acceptors (Lipinski definition) is 4. The van der Waals surface area contributed by atoms with Gasteiger partial charge >= 0.3 is 0 Å². The first kappa shape index (κ1) is 21.9.